The summed E-state index contributed by atoms with van der Waals surface area (Å²) in [4.78, 5) is 19.8. The van der Waals surface area contributed by atoms with E-state index < -0.39 is 0 Å². The summed E-state index contributed by atoms with van der Waals surface area (Å²) in [6.07, 6.45) is 4.04. The molecule has 5 rings (SSSR count). The van der Waals surface area contributed by atoms with Crippen molar-refractivity contribution >= 4 is 84.6 Å². The molecule has 0 N–H and O–H groups in total. The number of carbonyl (C=O) groups excluding carboxylic acids is 1. The summed E-state index contributed by atoms with van der Waals surface area (Å²) in [5.74, 6) is -0.0947. The van der Waals surface area contributed by atoms with Gasteiger partial charge in [-0.05, 0) is 59.8 Å². The van der Waals surface area contributed by atoms with Crippen molar-refractivity contribution in [2.24, 2.45) is 4.99 Å². The van der Waals surface area contributed by atoms with E-state index in [1.54, 1.807) is 30.1 Å². The van der Waals surface area contributed by atoms with Gasteiger partial charge in [0.05, 0.1) is 20.6 Å². The Bertz CT molecular complexity index is 1480. The molecule has 1 aliphatic heterocycles. The predicted octanol–water partition coefficient (Wildman–Crippen LogP) is 7.99. The fraction of sp³-hybridized carbons (Fsp3) is 0.0769. The molecule has 0 saturated carbocycles. The fourth-order valence-corrected chi connectivity index (χ4v) is 5.41. The van der Waals surface area contributed by atoms with Crippen molar-refractivity contribution in [3.63, 3.8) is 0 Å². The number of benzene rings is 3. The van der Waals surface area contributed by atoms with Crippen molar-refractivity contribution in [3.05, 3.63) is 103 Å². The first-order valence-corrected chi connectivity index (χ1v) is 12.8. The first-order chi connectivity index (χ1) is 16.4. The quantitative estimate of drug-likeness (QED) is 0.233. The third-order valence-corrected chi connectivity index (χ3v) is 7.78. The van der Waals surface area contributed by atoms with Gasteiger partial charge in [0, 0.05) is 40.7 Å². The van der Waals surface area contributed by atoms with Gasteiger partial charge < -0.3 is 4.57 Å². The Morgan fingerprint density at radius 1 is 1.03 bits per heavy atom. The van der Waals surface area contributed by atoms with Crippen LogP contribution >= 0.6 is 50.9 Å². The fourth-order valence-electron chi connectivity index (χ4n) is 3.78. The maximum absolute atomic E-state index is 13.0. The molecule has 170 valence electrons. The zero-order valence-corrected chi connectivity index (χ0v) is 21.9. The molecule has 34 heavy (non-hydrogen) atoms. The SMILES string of the molecule is CN1C(=O)/C(=C\c2cn(Cc3ccccc3)c3ccc(Br)cc23)SC1=Nc1ccc(Cl)c(Cl)c1. The van der Waals surface area contributed by atoms with E-state index in [4.69, 9.17) is 23.2 Å². The Labute approximate surface area is 220 Å². The highest BCUT2D eigenvalue weighted by atomic mass is 79.9. The lowest BCUT2D eigenvalue weighted by molar-refractivity contribution is -0.121. The van der Waals surface area contributed by atoms with Crippen LogP contribution in [0.3, 0.4) is 0 Å². The van der Waals surface area contributed by atoms with Crippen molar-refractivity contribution in [3.8, 4) is 0 Å². The van der Waals surface area contributed by atoms with Crippen LogP contribution in [0.15, 0.2) is 87.3 Å². The largest absolute Gasteiger partial charge is 0.342 e. The molecule has 0 radical (unpaired) electrons. The zero-order chi connectivity index (χ0) is 23.8. The second-order valence-electron chi connectivity index (χ2n) is 7.83. The van der Waals surface area contributed by atoms with Crippen LogP contribution in [-0.4, -0.2) is 27.6 Å². The van der Waals surface area contributed by atoms with Crippen LogP contribution in [0.1, 0.15) is 11.1 Å². The maximum atomic E-state index is 13.0. The van der Waals surface area contributed by atoms with Gasteiger partial charge in [-0.2, -0.15) is 0 Å². The summed E-state index contributed by atoms with van der Waals surface area (Å²) in [5, 5.41) is 2.55. The molecule has 1 amide bonds. The van der Waals surface area contributed by atoms with E-state index in [9.17, 15) is 4.79 Å². The number of hydrogen-bond acceptors (Lipinski definition) is 3. The lowest BCUT2D eigenvalue weighted by Crippen LogP contribution is -2.23. The van der Waals surface area contributed by atoms with Crippen LogP contribution in [0.5, 0.6) is 0 Å². The number of amidine groups is 1. The number of hydrogen-bond donors (Lipinski definition) is 0. The number of likely N-dealkylation sites (N-methyl/N-ethyl adjacent to an activating group) is 1. The van der Waals surface area contributed by atoms with Crippen LogP contribution < -0.4 is 0 Å². The van der Waals surface area contributed by atoms with Crippen molar-refractivity contribution in [2.75, 3.05) is 7.05 Å². The summed E-state index contributed by atoms with van der Waals surface area (Å²) in [6, 6.07) is 21.7. The first-order valence-electron chi connectivity index (χ1n) is 10.4. The van der Waals surface area contributed by atoms with E-state index in [0.29, 0.717) is 25.8 Å². The second-order valence-corrected chi connectivity index (χ2v) is 10.6. The van der Waals surface area contributed by atoms with Gasteiger partial charge in [-0.25, -0.2) is 4.99 Å². The molecule has 0 bridgehead atoms. The van der Waals surface area contributed by atoms with Gasteiger partial charge >= 0.3 is 0 Å². The van der Waals surface area contributed by atoms with Gasteiger partial charge in [0.15, 0.2) is 5.17 Å². The third kappa shape index (κ3) is 4.68. The smallest absolute Gasteiger partial charge is 0.266 e. The highest BCUT2D eigenvalue weighted by molar-refractivity contribution is 9.10. The molecule has 8 heteroatoms. The molecular weight excluding hydrogens is 553 g/mol. The van der Waals surface area contributed by atoms with Crippen LogP contribution in [0, 0.1) is 0 Å². The summed E-state index contributed by atoms with van der Waals surface area (Å²) >= 11 is 17.1. The van der Waals surface area contributed by atoms with E-state index in [2.05, 4.69) is 56.0 Å². The van der Waals surface area contributed by atoms with Gasteiger partial charge in [-0.1, -0.05) is 69.5 Å². The third-order valence-electron chi connectivity index (χ3n) is 5.49. The van der Waals surface area contributed by atoms with Crippen LogP contribution in [0.25, 0.3) is 17.0 Å². The van der Waals surface area contributed by atoms with E-state index in [-0.39, 0.29) is 5.91 Å². The minimum atomic E-state index is -0.0947. The number of aromatic nitrogens is 1. The monoisotopic (exact) mass is 569 g/mol. The number of nitrogens with zero attached hydrogens (tertiary/aromatic N) is 3. The molecule has 0 spiro atoms. The first kappa shape index (κ1) is 23.2. The summed E-state index contributed by atoms with van der Waals surface area (Å²) < 4.78 is 3.20. The van der Waals surface area contributed by atoms with Crippen molar-refractivity contribution in [1.82, 2.24) is 9.47 Å². The lowest BCUT2D eigenvalue weighted by Gasteiger charge is -2.07. The molecule has 1 saturated heterocycles. The van der Waals surface area contributed by atoms with Crippen molar-refractivity contribution < 1.29 is 4.79 Å². The topological polar surface area (TPSA) is 37.6 Å². The van der Waals surface area contributed by atoms with E-state index in [1.807, 2.05) is 30.3 Å². The van der Waals surface area contributed by atoms with Crippen LogP contribution in [0.4, 0.5) is 5.69 Å². The van der Waals surface area contributed by atoms with Gasteiger partial charge in [-0.3, -0.25) is 9.69 Å². The molecule has 4 aromatic rings. The van der Waals surface area contributed by atoms with Gasteiger partial charge in [0.25, 0.3) is 5.91 Å². The molecule has 2 heterocycles. The average molecular weight is 571 g/mol. The number of thioether (sulfide) groups is 1. The van der Waals surface area contributed by atoms with E-state index in [1.165, 1.54) is 17.3 Å². The minimum Gasteiger partial charge on any atom is -0.342 e. The number of halogens is 3. The average Bonchev–Trinajstić information content (AvgIpc) is 3.28. The summed E-state index contributed by atoms with van der Waals surface area (Å²) in [6.45, 7) is 0.743. The molecule has 0 atom stereocenters. The molecular formula is C26H18BrCl2N3OS. The van der Waals surface area contributed by atoms with Gasteiger partial charge in [0.2, 0.25) is 0 Å². The summed E-state index contributed by atoms with van der Waals surface area (Å²) in [5.41, 5.74) is 3.93. The Hall–Kier alpha value is -2.51. The van der Waals surface area contributed by atoms with E-state index in [0.717, 1.165) is 27.5 Å². The molecule has 1 aliphatic rings. The normalized spacial score (nSPS) is 16.4. The molecule has 1 aromatic heterocycles. The Morgan fingerprint density at radius 3 is 2.59 bits per heavy atom. The Morgan fingerprint density at radius 2 is 1.82 bits per heavy atom. The summed E-state index contributed by atoms with van der Waals surface area (Å²) in [7, 11) is 1.72. The molecule has 0 unspecified atom stereocenters. The Balaban J connectivity index is 1.52. The lowest BCUT2D eigenvalue weighted by atomic mass is 10.1. The standard InChI is InChI=1S/C26H18BrCl2N3OS/c1-31-25(33)24(34-26(31)30-19-8-9-21(28)22(29)13-19)11-17-15-32(14-16-5-3-2-4-6-16)23-10-7-18(27)12-20(17)23/h2-13,15H,14H2,1H3/b24-11+,30-26?. The maximum Gasteiger partial charge on any atom is 0.266 e. The molecule has 4 nitrogen and oxygen atoms in total. The predicted molar refractivity (Wildman–Crippen MR) is 147 cm³/mol. The van der Waals surface area contributed by atoms with E-state index >= 15 is 0 Å². The number of aliphatic imine (C=N–C) groups is 1. The molecule has 0 aliphatic carbocycles. The molecule has 1 fully saturated rings. The van der Waals surface area contributed by atoms with Crippen LogP contribution in [-0.2, 0) is 11.3 Å². The highest BCUT2D eigenvalue weighted by Crippen LogP contribution is 2.36. The zero-order valence-electron chi connectivity index (χ0n) is 18.0. The van der Waals surface area contributed by atoms with Crippen molar-refractivity contribution in [2.45, 2.75) is 6.54 Å². The highest BCUT2D eigenvalue weighted by Gasteiger charge is 2.30. The number of amides is 1. The number of rotatable bonds is 4. The van der Waals surface area contributed by atoms with Gasteiger partial charge in [-0.15, -0.1) is 0 Å². The minimum absolute atomic E-state index is 0.0947. The number of carbonyl (C=O) groups is 1. The number of fused-ring (bicyclic) bond motifs is 1. The Kier molecular flexibility index (Phi) is 6.58. The second kappa shape index (κ2) is 9.62. The molecule has 3 aromatic carbocycles. The van der Waals surface area contributed by atoms with Crippen molar-refractivity contribution in [1.29, 1.82) is 0 Å². The van der Waals surface area contributed by atoms with Gasteiger partial charge in [0.1, 0.15) is 0 Å². The van der Waals surface area contributed by atoms with Crippen LogP contribution in [0.2, 0.25) is 10.0 Å².